The fourth-order valence-corrected chi connectivity index (χ4v) is 4.44. The van der Waals surface area contributed by atoms with Gasteiger partial charge in [0.05, 0.1) is 0 Å². The van der Waals surface area contributed by atoms with Crippen molar-refractivity contribution >= 4 is 0 Å². The molecular formula is C22H44. The minimum atomic E-state index is 0.731. The molecule has 132 valence electrons. The Hall–Kier alpha value is 0. The van der Waals surface area contributed by atoms with Crippen molar-refractivity contribution in [2.24, 2.45) is 29.1 Å². The second-order valence-corrected chi connectivity index (χ2v) is 8.82. The molecule has 0 radical (unpaired) electrons. The van der Waals surface area contributed by atoms with E-state index in [-0.39, 0.29) is 0 Å². The average molecular weight is 309 g/mol. The van der Waals surface area contributed by atoms with Crippen molar-refractivity contribution < 1.29 is 0 Å². The summed E-state index contributed by atoms with van der Waals surface area (Å²) in [5.74, 6) is 3.84. The van der Waals surface area contributed by atoms with E-state index in [1.165, 1.54) is 70.6 Å². The van der Waals surface area contributed by atoms with Gasteiger partial charge in [0.2, 0.25) is 0 Å². The van der Waals surface area contributed by atoms with E-state index in [9.17, 15) is 0 Å². The zero-order valence-corrected chi connectivity index (χ0v) is 16.6. The molecule has 1 aliphatic rings. The highest BCUT2D eigenvalue weighted by Gasteiger charge is 2.39. The molecule has 0 amide bonds. The third-order valence-electron chi connectivity index (χ3n) is 6.68. The van der Waals surface area contributed by atoms with Crippen LogP contribution in [0.5, 0.6) is 0 Å². The summed E-state index contributed by atoms with van der Waals surface area (Å²) in [4.78, 5) is 0. The quantitative estimate of drug-likeness (QED) is 0.325. The van der Waals surface area contributed by atoms with Gasteiger partial charge in [-0.1, -0.05) is 80.1 Å². The molecule has 1 fully saturated rings. The average Bonchev–Trinajstić information content (AvgIpc) is 3.24. The first-order chi connectivity index (χ1) is 10.5. The van der Waals surface area contributed by atoms with Crippen LogP contribution in [-0.4, -0.2) is 0 Å². The summed E-state index contributed by atoms with van der Waals surface area (Å²) >= 11 is 0. The molecular weight excluding hydrogens is 264 g/mol. The molecule has 0 saturated heterocycles. The molecule has 4 atom stereocenters. The summed E-state index contributed by atoms with van der Waals surface area (Å²) in [5, 5.41) is 0. The van der Waals surface area contributed by atoms with Gasteiger partial charge in [0, 0.05) is 0 Å². The first-order valence-corrected chi connectivity index (χ1v) is 10.5. The van der Waals surface area contributed by atoms with Crippen LogP contribution >= 0.6 is 0 Å². The van der Waals surface area contributed by atoms with Crippen LogP contribution in [0.3, 0.4) is 0 Å². The van der Waals surface area contributed by atoms with Gasteiger partial charge in [-0.3, -0.25) is 0 Å². The summed E-state index contributed by atoms with van der Waals surface area (Å²) in [6.07, 6.45) is 15.9. The first-order valence-electron chi connectivity index (χ1n) is 10.5. The Morgan fingerprint density at radius 2 is 1.50 bits per heavy atom. The highest BCUT2D eigenvalue weighted by Crippen LogP contribution is 2.51. The number of hydrogen-bond acceptors (Lipinski definition) is 0. The fourth-order valence-electron chi connectivity index (χ4n) is 4.44. The lowest BCUT2D eigenvalue weighted by molar-refractivity contribution is 0.206. The maximum Gasteiger partial charge on any atom is -0.0323 e. The standard InChI is InChI=1S/C22H44/c1-7-11-12-19(8-2)16-21(10-4)18(5)15-20(9-3)17-22(6)13-14-22/h18-21H,7-17H2,1-6H3. The summed E-state index contributed by atoms with van der Waals surface area (Å²) in [6.45, 7) is 14.6. The Kier molecular flexibility index (Phi) is 9.10. The molecule has 1 rings (SSSR count). The first kappa shape index (κ1) is 20.0. The zero-order chi connectivity index (χ0) is 16.6. The molecule has 0 nitrogen and oxygen atoms in total. The van der Waals surface area contributed by atoms with E-state index < -0.39 is 0 Å². The van der Waals surface area contributed by atoms with Gasteiger partial charge in [-0.25, -0.2) is 0 Å². The molecule has 4 unspecified atom stereocenters. The number of hydrogen-bond donors (Lipinski definition) is 0. The van der Waals surface area contributed by atoms with Crippen LogP contribution in [0.2, 0.25) is 0 Å². The molecule has 0 aromatic rings. The Labute approximate surface area is 141 Å². The van der Waals surface area contributed by atoms with Gasteiger partial charge in [0.15, 0.2) is 0 Å². The lowest BCUT2D eigenvalue weighted by Gasteiger charge is -2.30. The molecule has 0 heteroatoms. The molecule has 0 heterocycles. The third-order valence-corrected chi connectivity index (χ3v) is 6.68. The Morgan fingerprint density at radius 3 is 1.95 bits per heavy atom. The zero-order valence-electron chi connectivity index (χ0n) is 16.6. The van der Waals surface area contributed by atoms with Crippen molar-refractivity contribution in [3.63, 3.8) is 0 Å². The summed E-state index contributed by atoms with van der Waals surface area (Å²) in [6, 6.07) is 0. The van der Waals surface area contributed by atoms with E-state index in [0.29, 0.717) is 0 Å². The van der Waals surface area contributed by atoms with Crippen LogP contribution < -0.4 is 0 Å². The summed E-state index contributed by atoms with van der Waals surface area (Å²) in [7, 11) is 0. The van der Waals surface area contributed by atoms with Crippen molar-refractivity contribution in [2.45, 2.75) is 112 Å². The van der Waals surface area contributed by atoms with Crippen molar-refractivity contribution in [3.8, 4) is 0 Å². The second-order valence-electron chi connectivity index (χ2n) is 8.82. The van der Waals surface area contributed by atoms with Crippen molar-refractivity contribution in [3.05, 3.63) is 0 Å². The van der Waals surface area contributed by atoms with Crippen LogP contribution in [0.25, 0.3) is 0 Å². The molecule has 1 saturated carbocycles. The van der Waals surface area contributed by atoms with Gasteiger partial charge in [0.1, 0.15) is 0 Å². The van der Waals surface area contributed by atoms with E-state index >= 15 is 0 Å². The van der Waals surface area contributed by atoms with Gasteiger partial charge >= 0.3 is 0 Å². The molecule has 0 aliphatic heterocycles. The highest BCUT2D eigenvalue weighted by molar-refractivity contribution is 4.90. The van der Waals surface area contributed by atoms with Crippen LogP contribution in [0, 0.1) is 29.1 Å². The predicted octanol–water partition coefficient (Wildman–Crippen LogP) is 7.86. The van der Waals surface area contributed by atoms with Gasteiger partial charge in [-0.2, -0.15) is 0 Å². The maximum atomic E-state index is 2.55. The normalized spacial score (nSPS) is 22.1. The molecule has 22 heavy (non-hydrogen) atoms. The van der Waals surface area contributed by atoms with Crippen LogP contribution in [0.4, 0.5) is 0 Å². The molecule has 0 N–H and O–H groups in total. The van der Waals surface area contributed by atoms with Gasteiger partial charge in [-0.15, -0.1) is 0 Å². The second kappa shape index (κ2) is 9.99. The SMILES string of the molecule is CCCCC(CC)CC(CC)C(C)CC(CC)CC1(C)CC1. The van der Waals surface area contributed by atoms with Crippen molar-refractivity contribution in [1.82, 2.24) is 0 Å². The molecule has 0 aromatic carbocycles. The Balaban J connectivity index is 2.45. The largest absolute Gasteiger partial charge is 0.0654 e. The predicted molar refractivity (Wildman–Crippen MR) is 101 cm³/mol. The Bertz CT molecular complexity index is 276. The summed E-state index contributed by atoms with van der Waals surface area (Å²) < 4.78 is 0. The van der Waals surface area contributed by atoms with Crippen LogP contribution in [-0.2, 0) is 0 Å². The fraction of sp³-hybridized carbons (Fsp3) is 1.00. The summed E-state index contributed by atoms with van der Waals surface area (Å²) in [5.41, 5.74) is 0.731. The minimum Gasteiger partial charge on any atom is -0.0654 e. The molecule has 0 aromatic heterocycles. The number of rotatable bonds is 13. The van der Waals surface area contributed by atoms with Crippen molar-refractivity contribution in [2.75, 3.05) is 0 Å². The lowest BCUT2D eigenvalue weighted by atomic mass is 9.75. The van der Waals surface area contributed by atoms with Crippen molar-refractivity contribution in [1.29, 1.82) is 0 Å². The van der Waals surface area contributed by atoms with E-state index in [4.69, 9.17) is 0 Å². The van der Waals surface area contributed by atoms with Crippen LogP contribution in [0.1, 0.15) is 112 Å². The Morgan fingerprint density at radius 1 is 0.864 bits per heavy atom. The number of unbranched alkanes of at least 4 members (excludes halogenated alkanes) is 1. The van der Waals surface area contributed by atoms with Crippen LogP contribution in [0.15, 0.2) is 0 Å². The minimum absolute atomic E-state index is 0.731. The van der Waals surface area contributed by atoms with Gasteiger partial charge < -0.3 is 0 Å². The van der Waals surface area contributed by atoms with E-state index in [2.05, 4.69) is 41.5 Å². The van der Waals surface area contributed by atoms with E-state index in [1.807, 2.05) is 0 Å². The lowest BCUT2D eigenvalue weighted by Crippen LogP contribution is -2.19. The maximum absolute atomic E-state index is 2.55. The third kappa shape index (κ3) is 7.05. The topological polar surface area (TPSA) is 0 Å². The van der Waals surface area contributed by atoms with E-state index in [1.54, 1.807) is 0 Å². The monoisotopic (exact) mass is 308 g/mol. The molecule has 0 bridgehead atoms. The highest BCUT2D eigenvalue weighted by atomic mass is 14.4. The van der Waals surface area contributed by atoms with Gasteiger partial charge in [-0.05, 0) is 61.2 Å². The smallest absolute Gasteiger partial charge is 0.0323 e. The van der Waals surface area contributed by atoms with Gasteiger partial charge in [0.25, 0.3) is 0 Å². The molecule has 0 spiro atoms. The molecule has 1 aliphatic carbocycles. The van der Waals surface area contributed by atoms with E-state index in [0.717, 1.165) is 29.1 Å².